The number of amides is 1. The van der Waals surface area contributed by atoms with Crippen molar-refractivity contribution in [3.05, 3.63) is 108 Å². The molecule has 4 aromatic rings. The second kappa shape index (κ2) is 12.2. The average molecular weight is 523 g/mol. The second-order valence-corrected chi connectivity index (χ2v) is 10.7. The standard InChI is InChI=1S/C33H38N4O2/c38-32(35-21-23-39-24-22-35)16-15-29-25-37(31-14-8-7-13-30(29)31)26-34-17-19-36(20-18-34)33(27-9-3-1-4-10-27)28-11-5-2-6-12-28/h1-14,25,33H,15-24,26H2. The lowest BCUT2D eigenvalue weighted by Crippen LogP contribution is -2.48. The van der Waals surface area contributed by atoms with E-state index in [1.807, 2.05) is 4.90 Å². The molecule has 3 aromatic carbocycles. The largest absolute Gasteiger partial charge is 0.378 e. The Morgan fingerprint density at radius 1 is 0.744 bits per heavy atom. The molecule has 2 aliphatic heterocycles. The first kappa shape index (κ1) is 25.8. The summed E-state index contributed by atoms with van der Waals surface area (Å²) in [6.07, 6.45) is 3.60. The molecule has 0 bridgehead atoms. The SMILES string of the molecule is O=C(CCc1cn(CN2CCN(C(c3ccccc3)c3ccccc3)CC2)c2ccccc12)N1CCOCC1. The second-order valence-electron chi connectivity index (χ2n) is 10.7. The maximum absolute atomic E-state index is 12.8. The number of benzene rings is 3. The number of rotatable bonds is 8. The van der Waals surface area contributed by atoms with Crippen LogP contribution in [0.1, 0.15) is 29.2 Å². The van der Waals surface area contributed by atoms with Gasteiger partial charge in [-0.3, -0.25) is 14.6 Å². The lowest BCUT2D eigenvalue weighted by molar-refractivity contribution is -0.135. The van der Waals surface area contributed by atoms with Crippen LogP contribution >= 0.6 is 0 Å². The fraction of sp³-hybridized carbons (Fsp3) is 0.364. The molecule has 2 saturated heterocycles. The Morgan fingerprint density at radius 3 is 2.03 bits per heavy atom. The number of carbonyl (C=O) groups is 1. The number of hydrogen-bond donors (Lipinski definition) is 0. The first-order valence-corrected chi connectivity index (χ1v) is 14.2. The van der Waals surface area contributed by atoms with Gasteiger partial charge in [0.05, 0.1) is 25.9 Å². The topological polar surface area (TPSA) is 41.0 Å². The maximum atomic E-state index is 12.8. The van der Waals surface area contributed by atoms with Crippen LogP contribution in [0.15, 0.2) is 91.1 Å². The maximum Gasteiger partial charge on any atom is 0.223 e. The fourth-order valence-electron chi connectivity index (χ4n) is 6.11. The molecule has 0 unspecified atom stereocenters. The van der Waals surface area contributed by atoms with Gasteiger partial charge in [0, 0.05) is 62.8 Å². The van der Waals surface area contributed by atoms with Gasteiger partial charge in [-0.25, -0.2) is 0 Å². The smallest absolute Gasteiger partial charge is 0.223 e. The first-order valence-electron chi connectivity index (χ1n) is 14.2. The number of piperazine rings is 1. The van der Waals surface area contributed by atoms with E-state index in [4.69, 9.17) is 4.74 Å². The highest BCUT2D eigenvalue weighted by atomic mass is 16.5. The summed E-state index contributed by atoms with van der Waals surface area (Å²) in [5.74, 6) is 0.234. The van der Waals surface area contributed by atoms with Crippen LogP contribution in [0.25, 0.3) is 10.9 Å². The van der Waals surface area contributed by atoms with Gasteiger partial charge in [0.25, 0.3) is 0 Å². The summed E-state index contributed by atoms with van der Waals surface area (Å²) < 4.78 is 7.79. The average Bonchev–Trinajstić information content (AvgIpc) is 3.35. The molecule has 39 heavy (non-hydrogen) atoms. The van der Waals surface area contributed by atoms with Crippen molar-refractivity contribution in [1.82, 2.24) is 19.3 Å². The van der Waals surface area contributed by atoms with Gasteiger partial charge in [-0.05, 0) is 29.2 Å². The minimum atomic E-state index is 0.234. The minimum absolute atomic E-state index is 0.234. The number of aryl methyl sites for hydroxylation is 1. The molecule has 0 spiro atoms. The molecule has 1 aromatic heterocycles. The summed E-state index contributed by atoms with van der Waals surface area (Å²) in [7, 11) is 0. The molecule has 2 fully saturated rings. The number of carbonyl (C=O) groups excluding carboxylic acids is 1. The van der Waals surface area contributed by atoms with Crippen molar-refractivity contribution in [3.8, 4) is 0 Å². The molecule has 0 atom stereocenters. The molecule has 3 heterocycles. The molecule has 0 saturated carbocycles. The number of fused-ring (bicyclic) bond motifs is 1. The van der Waals surface area contributed by atoms with Crippen LogP contribution in [0.3, 0.4) is 0 Å². The highest BCUT2D eigenvalue weighted by Gasteiger charge is 2.27. The summed E-state index contributed by atoms with van der Waals surface area (Å²) in [6.45, 7) is 7.67. The van der Waals surface area contributed by atoms with Gasteiger partial charge in [-0.15, -0.1) is 0 Å². The van der Waals surface area contributed by atoms with Gasteiger partial charge in [-0.2, -0.15) is 0 Å². The number of morpholine rings is 1. The Labute approximate surface area is 231 Å². The molecule has 0 radical (unpaired) electrons. The van der Waals surface area contributed by atoms with Crippen LogP contribution in [0.2, 0.25) is 0 Å². The van der Waals surface area contributed by atoms with E-state index in [9.17, 15) is 4.79 Å². The van der Waals surface area contributed by atoms with Crippen LogP contribution < -0.4 is 0 Å². The van der Waals surface area contributed by atoms with Crippen molar-refractivity contribution in [2.45, 2.75) is 25.6 Å². The van der Waals surface area contributed by atoms with Crippen LogP contribution in [-0.2, 0) is 22.6 Å². The zero-order valence-electron chi connectivity index (χ0n) is 22.6. The van der Waals surface area contributed by atoms with Gasteiger partial charge in [0.1, 0.15) is 0 Å². The lowest BCUT2D eigenvalue weighted by Gasteiger charge is -2.40. The normalized spacial score (nSPS) is 17.2. The van der Waals surface area contributed by atoms with Crippen LogP contribution in [0.4, 0.5) is 0 Å². The van der Waals surface area contributed by atoms with Crippen LogP contribution in [0, 0.1) is 0 Å². The zero-order valence-corrected chi connectivity index (χ0v) is 22.6. The molecule has 0 N–H and O–H groups in total. The van der Waals surface area contributed by atoms with E-state index < -0.39 is 0 Å². The van der Waals surface area contributed by atoms with E-state index >= 15 is 0 Å². The van der Waals surface area contributed by atoms with Crippen molar-refractivity contribution >= 4 is 16.8 Å². The van der Waals surface area contributed by atoms with E-state index in [1.165, 1.54) is 27.6 Å². The van der Waals surface area contributed by atoms with Crippen molar-refractivity contribution < 1.29 is 9.53 Å². The quantitative estimate of drug-likeness (QED) is 0.334. The van der Waals surface area contributed by atoms with Gasteiger partial charge in [-0.1, -0.05) is 78.9 Å². The molecular formula is C33H38N4O2. The predicted molar refractivity (Wildman–Crippen MR) is 156 cm³/mol. The number of para-hydroxylation sites is 1. The minimum Gasteiger partial charge on any atom is -0.378 e. The highest BCUT2D eigenvalue weighted by molar-refractivity contribution is 5.85. The number of aromatic nitrogens is 1. The Kier molecular flexibility index (Phi) is 8.05. The molecule has 6 nitrogen and oxygen atoms in total. The van der Waals surface area contributed by atoms with Crippen molar-refractivity contribution in [3.63, 3.8) is 0 Å². The van der Waals surface area contributed by atoms with E-state index in [0.29, 0.717) is 32.7 Å². The van der Waals surface area contributed by atoms with Crippen LogP contribution in [0.5, 0.6) is 0 Å². The molecule has 6 rings (SSSR count). The zero-order chi connectivity index (χ0) is 26.4. The summed E-state index contributed by atoms with van der Waals surface area (Å²) in [4.78, 5) is 19.9. The Bertz CT molecular complexity index is 1320. The fourth-order valence-corrected chi connectivity index (χ4v) is 6.11. The third kappa shape index (κ3) is 5.93. The van der Waals surface area contributed by atoms with Gasteiger partial charge < -0.3 is 14.2 Å². The lowest BCUT2D eigenvalue weighted by atomic mass is 9.96. The molecular weight excluding hydrogens is 484 g/mol. The van der Waals surface area contributed by atoms with Crippen molar-refractivity contribution in [1.29, 1.82) is 0 Å². The summed E-state index contributed by atoms with van der Waals surface area (Å²) >= 11 is 0. The molecule has 1 amide bonds. The number of ether oxygens (including phenoxy) is 1. The monoisotopic (exact) mass is 522 g/mol. The number of hydrogen-bond acceptors (Lipinski definition) is 4. The van der Waals surface area contributed by atoms with E-state index in [-0.39, 0.29) is 11.9 Å². The van der Waals surface area contributed by atoms with Gasteiger partial charge >= 0.3 is 0 Å². The van der Waals surface area contributed by atoms with E-state index in [1.54, 1.807) is 0 Å². The molecule has 6 heteroatoms. The third-order valence-corrected chi connectivity index (χ3v) is 8.20. The van der Waals surface area contributed by atoms with E-state index in [0.717, 1.165) is 39.3 Å². The summed E-state index contributed by atoms with van der Waals surface area (Å²) in [5.41, 5.74) is 5.22. The van der Waals surface area contributed by atoms with Gasteiger partial charge in [0.2, 0.25) is 5.91 Å². The van der Waals surface area contributed by atoms with E-state index in [2.05, 4.69) is 105 Å². The van der Waals surface area contributed by atoms with Crippen molar-refractivity contribution in [2.24, 2.45) is 0 Å². The highest BCUT2D eigenvalue weighted by Crippen LogP contribution is 2.30. The van der Waals surface area contributed by atoms with Crippen molar-refractivity contribution in [2.75, 3.05) is 52.5 Å². The Morgan fingerprint density at radius 2 is 1.36 bits per heavy atom. The summed E-state index contributed by atoms with van der Waals surface area (Å²) in [5, 5.41) is 1.26. The molecule has 2 aliphatic rings. The molecule has 0 aliphatic carbocycles. The van der Waals surface area contributed by atoms with Gasteiger partial charge in [0.15, 0.2) is 0 Å². The van der Waals surface area contributed by atoms with Crippen LogP contribution in [-0.4, -0.2) is 77.7 Å². The summed E-state index contributed by atoms with van der Waals surface area (Å²) in [6, 6.07) is 30.7. The third-order valence-electron chi connectivity index (χ3n) is 8.20. The Hall–Kier alpha value is -3.45. The number of nitrogens with zero attached hydrogens (tertiary/aromatic N) is 4. The molecule has 202 valence electrons. The predicted octanol–water partition coefficient (Wildman–Crippen LogP) is 4.80. The Balaban J connectivity index is 1.13. The first-order chi connectivity index (χ1) is 19.3.